The van der Waals surface area contributed by atoms with Crippen LogP contribution in [0.2, 0.25) is 5.02 Å². The lowest BCUT2D eigenvalue weighted by Crippen LogP contribution is -2.28. The molecule has 0 aliphatic carbocycles. The first-order chi connectivity index (χ1) is 14.9. The number of aryl methyl sites for hydroxylation is 1. The lowest BCUT2D eigenvalue weighted by molar-refractivity contribution is -0.117. The number of nitrogens with one attached hydrogen (secondary N) is 1. The fourth-order valence-electron chi connectivity index (χ4n) is 2.86. The van der Waals surface area contributed by atoms with Crippen LogP contribution >= 0.6 is 23.4 Å². The number of amides is 1. The van der Waals surface area contributed by atoms with Gasteiger partial charge in [-0.25, -0.2) is 9.48 Å². The van der Waals surface area contributed by atoms with Crippen molar-refractivity contribution >= 4 is 40.6 Å². The van der Waals surface area contributed by atoms with E-state index in [2.05, 4.69) is 15.5 Å². The molecule has 0 atom stereocenters. The minimum atomic E-state index is -0.496. The predicted molar refractivity (Wildman–Crippen MR) is 119 cm³/mol. The number of aromatic nitrogens is 4. The Morgan fingerprint density at radius 3 is 2.61 bits per heavy atom. The first-order valence-corrected chi connectivity index (χ1v) is 10.5. The molecule has 1 N–H and O–H groups in total. The maximum Gasteiger partial charge on any atom is 0.367 e. The molecule has 4 aromatic rings. The van der Waals surface area contributed by atoms with E-state index in [4.69, 9.17) is 16.3 Å². The van der Waals surface area contributed by atoms with Crippen LogP contribution in [-0.4, -0.2) is 32.4 Å². The number of carbonyl (C=O) groups is 1. The van der Waals surface area contributed by atoms with E-state index in [1.807, 2.05) is 31.2 Å². The molecule has 0 unspecified atom stereocenters. The average Bonchev–Trinajstić information content (AvgIpc) is 3.05. The minimum absolute atomic E-state index is 0.258. The van der Waals surface area contributed by atoms with Crippen molar-refractivity contribution in [2.75, 3.05) is 12.4 Å². The summed E-state index contributed by atoms with van der Waals surface area (Å²) in [4.78, 5) is 26.1. The summed E-state index contributed by atoms with van der Waals surface area (Å²) in [6.07, 6.45) is 0. The smallest absolute Gasteiger partial charge is 0.367 e. The largest absolute Gasteiger partial charge is 0.495 e. The van der Waals surface area contributed by atoms with E-state index in [1.54, 1.807) is 30.3 Å². The second-order valence-corrected chi connectivity index (χ2v) is 8.20. The topological polar surface area (TPSA) is 90.5 Å². The van der Waals surface area contributed by atoms with Crippen molar-refractivity contribution in [3.63, 3.8) is 0 Å². The molecular formula is C21H18ClN5O3S. The molecule has 0 saturated heterocycles. The molecule has 0 radical (unpaired) electrons. The van der Waals surface area contributed by atoms with Gasteiger partial charge in [0.05, 0.1) is 12.1 Å². The van der Waals surface area contributed by atoms with Crippen molar-refractivity contribution in [2.45, 2.75) is 23.4 Å². The van der Waals surface area contributed by atoms with Crippen LogP contribution in [0.5, 0.6) is 5.75 Å². The van der Waals surface area contributed by atoms with Crippen LogP contribution in [-0.2, 0) is 11.3 Å². The van der Waals surface area contributed by atoms with Crippen LogP contribution in [0.1, 0.15) is 5.56 Å². The number of fused-ring (bicyclic) bond motifs is 1. The third kappa shape index (κ3) is 4.73. The second-order valence-electron chi connectivity index (χ2n) is 6.69. The summed E-state index contributed by atoms with van der Waals surface area (Å²) in [5, 5.41) is 12.3. The highest BCUT2D eigenvalue weighted by Gasteiger charge is 2.13. The SMILES string of the molecule is COc1ccc(NC(=O)Cn2nc3ccc(Sc4ccc(C)cc4)nn3c2=O)cc1Cl. The van der Waals surface area contributed by atoms with Gasteiger partial charge in [0.1, 0.15) is 17.3 Å². The number of benzene rings is 2. The summed E-state index contributed by atoms with van der Waals surface area (Å²) < 4.78 is 7.35. The molecule has 2 aromatic carbocycles. The number of hydrogen-bond acceptors (Lipinski definition) is 6. The van der Waals surface area contributed by atoms with E-state index in [-0.39, 0.29) is 6.54 Å². The highest BCUT2D eigenvalue weighted by Crippen LogP contribution is 2.27. The van der Waals surface area contributed by atoms with E-state index < -0.39 is 11.6 Å². The lowest BCUT2D eigenvalue weighted by Gasteiger charge is -2.07. The highest BCUT2D eigenvalue weighted by atomic mass is 35.5. The standard InChI is InChI=1S/C21H18ClN5O3S/c1-13-3-6-15(7-4-13)31-20-10-9-18-24-26(21(29)27(18)25-20)12-19(28)23-14-5-8-17(30-2)16(22)11-14/h3-11H,12H2,1-2H3,(H,23,28). The molecule has 2 aromatic heterocycles. The van der Waals surface area contributed by atoms with Crippen molar-refractivity contribution in [1.29, 1.82) is 0 Å². The second kappa shape index (κ2) is 8.83. The number of carbonyl (C=O) groups excluding carboxylic acids is 1. The van der Waals surface area contributed by atoms with Crippen LogP contribution < -0.4 is 15.7 Å². The molecule has 158 valence electrons. The van der Waals surface area contributed by atoms with Crippen LogP contribution in [0.4, 0.5) is 5.69 Å². The molecular weight excluding hydrogens is 438 g/mol. The van der Waals surface area contributed by atoms with E-state index in [1.165, 1.54) is 29.0 Å². The van der Waals surface area contributed by atoms with Crippen LogP contribution in [0.15, 0.2) is 69.3 Å². The van der Waals surface area contributed by atoms with Crippen LogP contribution in [0, 0.1) is 6.92 Å². The van der Waals surface area contributed by atoms with Gasteiger partial charge in [0.25, 0.3) is 0 Å². The van der Waals surface area contributed by atoms with Crippen molar-refractivity contribution in [2.24, 2.45) is 0 Å². The molecule has 2 heterocycles. The first kappa shape index (κ1) is 21.0. The molecule has 10 heteroatoms. The molecule has 0 spiro atoms. The van der Waals surface area contributed by atoms with E-state index >= 15 is 0 Å². The van der Waals surface area contributed by atoms with Crippen molar-refractivity contribution < 1.29 is 9.53 Å². The Morgan fingerprint density at radius 1 is 1.13 bits per heavy atom. The highest BCUT2D eigenvalue weighted by molar-refractivity contribution is 7.99. The number of hydrogen-bond donors (Lipinski definition) is 1. The molecule has 0 fully saturated rings. The number of methoxy groups -OCH3 is 1. The van der Waals surface area contributed by atoms with E-state index in [0.717, 1.165) is 9.58 Å². The van der Waals surface area contributed by atoms with Crippen molar-refractivity contribution in [1.82, 2.24) is 19.4 Å². The third-order valence-corrected chi connectivity index (χ3v) is 5.62. The number of ether oxygens (including phenoxy) is 1. The van der Waals surface area contributed by atoms with Gasteiger partial charge in [0, 0.05) is 10.6 Å². The molecule has 0 bridgehead atoms. The molecule has 1 amide bonds. The van der Waals surface area contributed by atoms with Gasteiger partial charge >= 0.3 is 5.69 Å². The lowest BCUT2D eigenvalue weighted by atomic mass is 10.2. The van der Waals surface area contributed by atoms with Crippen molar-refractivity contribution in [3.8, 4) is 5.75 Å². The zero-order chi connectivity index (χ0) is 22.0. The Bertz CT molecular complexity index is 1320. The third-order valence-electron chi connectivity index (χ3n) is 4.39. The van der Waals surface area contributed by atoms with Gasteiger partial charge in [0.2, 0.25) is 5.91 Å². The quantitative estimate of drug-likeness (QED) is 0.477. The molecule has 4 rings (SSSR count). The van der Waals surface area contributed by atoms with Gasteiger partial charge in [-0.05, 0) is 49.4 Å². The van der Waals surface area contributed by atoms with Gasteiger partial charge in [0.15, 0.2) is 5.65 Å². The Morgan fingerprint density at radius 2 is 1.90 bits per heavy atom. The van der Waals surface area contributed by atoms with Gasteiger partial charge in [-0.15, -0.1) is 5.10 Å². The van der Waals surface area contributed by atoms with Gasteiger partial charge in [-0.3, -0.25) is 4.79 Å². The monoisotopic (exact) mass is 455 g/mol. The fourth-order valence-corrected chi connectivity index (χ4v) is 3.89. The molecule has 0 aliphatic rings. The summed E-state index contributed by atoms with van der Waals surface area (Å²) in [7, 11) is 1.51. The fraction of sp³-hybridized carbons (Fsp3) is 0.143. The summed E-state index contributed by atoms with van der Waals surface area (Å²) in [5.74, 6) is 0.0858. The number of nitrogens with zero attached hydrogens (tertiary/aromatic N) is 4. The summed E-state index contributed by atoms with van der Waals surface area (Å²) in [6.45, 7) is 1.76. The Hall–Kier alpha value is -3.30. The molecule has 31 heavy (non-hydrogen) atoms. The number of rotatable bonds is 6. The van der Waals surface area contributed by atoms with Crippen LogP contribution in [0.25, 0.3) is 5.65 Å². The summed E-state index contributed by atoms with van der Waals surface area (Å²) in [6, 6.07) is 16.4. The molecule has 0 aliphatic heterocycles. The van der Waals surface area contributed by atoms with Gasteiger partial charge in [-0.2, -0.15) is 9.61 Å². The van der Waals surface area contributed by atoms with Crippen LogP contribution in [0.3, 0.4) is 0 Å². The summed E-state index contributed by atoms with van der Waals surface area (Å²) in [5.41, 5.74) is 1.52. The molecule has 0 saturated carbocycles. The number of halogens is 1. The average molecular weight is 456 g/mol. The van der Waals surface area contributed by atoms with Gasteiger partial charge < -0.3 is 10.1 Å². The summed E-state index contributed by atoms with van der Waals surface area (Å²) >= 11 is 7.51. The Labute approximate surface area is 186 Å². The van der Waals surface area contributed by atoms with E-state index in [9.17, 15) is 9.59 Å². The van der Waals surface area contributed by atoms with Gasteiger partial charge in [-0.1, -0.05) is 41.1 Å². The Balaban J connectivity index is 1.51. The first-order valence-electron chi connectivity index (χ1n) is 9.28. The van der Waals surface area contributed by atoms with E-state index in [0.29, 0.717) is 27.1 Å². The number of anilines is 1. The normalized spacial score (nSPS) is 10.9. The minimum Gasteiger partial charge on any atom is -0.495 e. The maximum atomic E-state index is 12.7. The maximum absolute atomic E-state index is 12.7. The molecule has 8 nitrogen and oxygen atoms in total. The Kier molecular flexibility index (Phi) is 5.97. The zero-order valence-electron chi connectivity index (χ0n) is 16.7. The predicted octanol–water partition coefficient (Wildman–Crippen LogP) is 3.65. The zero-order valence-corrected chi connectivity index (χ0v) is 18.3. The van der Waals surface area contributed by atoms with Crippen molar-refractivity contribution in [3.05, 3.63) is 75.7 Å².